The van der Waals surface area contributed by atoms with Crippen molar-refractivity contribution in [2.24, 2.45) is 10.1 Å². The smallest absolute Gasteiger partial charge is 0.282 e. The molecule has 0 N–H and O–H groups in total. The minimum absolute atomic E-state index is 0.0396. The van der Waals surface area contributed by atoms with Gasteiger partial charge in [-0.2, -0.15) is 5.10 Å². The van der Waals surface area contributed by atoms with Crippen LogP contribution in [0, 0.1) is 10.1 Å². The first-order valence-electron chi connectivity index (χ1n) is 11.7. The Labute approximate surface area is 207 Å². The molecule has 2 aliphatic rings. The molecule has 35 heavy (non-hydrogen) atoms. The third-order valence-corrected chi connectivity index (χ3v) is 7.21. The molecule has 5 rings (SSSR count). The summed E-state index contributed by atoms with van der Waals surface area (Å²) in [5.74, 6) is 1.45. The van der Waals surface area contributed by atoms with Crippen LogP contribution in [-0.2, 0) is 0 Å². The van der Waals surface area contributed by atoms with E-state index in [-0.39, 0.29) is 12.5 Å². The number of benzene rings is 2. The number of nitro groups is 1. The summed E-state index contributed by atoms with van der Waals surface area (Å²) in [7, 11) is 0. The van der Waals surface area contributed by atoms with Gasteiger partial charge in [-0.1, -0.05) is 49.6 Å². The molecule has 0 spiro atoms. The molecule has 180 valence electrons. The van der Waals surface area contributed by atoms with E-state index in [0.29, 0.717) is 34.3 Å². The van der Waals surface area contributed by atoms with Gasteiger partial charge in [0, 0.05) is 10.9 Å². The van der Waals surface area contributed by atoms with Gasteiger partial charge in [-0.05, 0) is 30.4 Å². The van der Waals surface area contributed by atoms with Crippen LogP contribution in [0.3, 0.4) is 0 Å². The molecule has 8 nitrogen and oxygen atoms in total. The van der Waals surface area contributed by atoms with Crippen molar-refractivity contribution >= 4 is 23.2 Å². The van der Waals surface area contributed by atoms with Crippen LogP contribution in [0.25, 0.3) is 11.3 Å². The second-order valence-corrected chi connectivity index (χ2v) is 9.40. The molecule has 2 heterocycles. The van der Waals surface area contributed by atoms with Crippen LogP contribution in [0.5, 0.6) is 11.5 Å². The maximum Gasteiger partial charge on any atom is 0.282 e. The molecule has 1 aliphatic heterocycles. The largest absolute Gasteiger partial charge is 0.454 e. The number of nitrogens with zero attached hydrogens (tertiary/aromatic N) is 4. The maximum atomic E-state index is 11.7. The van der Waals surface area contributed by atoms with E-state index in [0.717, 1.165) is 11.3 Å². The molecule has 0 bridgehead atoms. The van der Waals surface area contributed by atoms with Crippen LogP contribution in [0.15, 0.2) is 64.5 Å². The minimum atomic E-state index is -0.449. The Morgan fingerprint density at radius 3 is 2.60 bits per heavy atom. The van der Waals surface area contributed by atoms with Gasteiger partial charge in [0.05, 0.1) is 35.0 Å². The van der Waals surface area contributed by atoms with Gasteiger partial charge in [-0.3, -0.25) is 15.1 Å². The second-order valence-electron chi connectivity index (χ2n) is 8.57. The molecule has 0 saturated heterocycles. The Morgan fingerprint density at radius 1 is 1.14 bits per heavy atom. The van der Waals surface area contributed by atoms with Crippen molar-refractivity contribution in [3.05, 3.63) is 80.5 Å². The van der Waals surface area contributed by atoms with E-state index in [1.807, 2.05) is 5.38 Å². The van der Waals surface area contributed by atoms with Crippen LogP contribution in [-0.4, -0.2) is 29.2 Å². The van der Waals surface area contributed by atoms with Gasteiger partial charge in [0.25, 0.3) is 5.69 Å². The Kier molecular flexibility index (Phi) is 6.76. The molecule has 0 atom stereocenters. The Balaban J connectivity index is 1.52. The van der Waals surface area contributed by atoms with Crippen molar-refractivity contribution < 1.29 is 14.4 Å². The molecule has 1 fully saturated rings. The highest BCUT2D eigenvalue weighted by atomic mass is 32.1. The average Bonchev–Trinajstić information content (AvgIpc) is 3.52. The van der Waals surface area contributed by atoms with E-state index < -0.39 is 4.92 Å². The first-order valence-corrected chi connectivity index (χ1v) is 12.6. The molecule has 3 aromatic rings. The van der Waals surface area contributed by atoms with Crippen LogP contribution < -0.4 is 14.3 Å². The fourth-order valence-corrected chi connectivity index (χ4v) is 5.40. The topological polar surface area (TPSA) is 91.2 Å². The summed E-state index contributed by atoms with van der Waals surface area (Å²) in [5.41, 5.74) is 3.49. The zero-order valence-electron chi connectivity index (χ0n) is 19.3. The molecule has 0 amide bonds. The molecule has 1 aromatic heterocycles. The number of hydrogen-bond acceptors (Lipinski definition) is 7. The van der Waals surface area contributed by atoms with Gasteiger partial charge < -0.3 is 9.47 Å². The lowest BCUT2D eigenvalue weighted by atomic mass is 9.84. The molecule has 1 aliphatic carbocycles. The Hall–Kier alpha value is -3.72. The number of hydrogen-bond donors (Lipinski definition) is 0. The molecule has 2 aromatic carbocycles. The lowest BCUT2D eigenvalue weighted by Crippen LogP contribution is -2.12. The zero-order chi connectivity index (χ0) is 24.2. The Bertz CT molecular complexity index is 1330. The van der Waals surface area contributed by atoms with Crippen LogP contribution >= 0.6 is 11.3 Å². The van der Waals surface area contributed by atoms with Gasteiger partial charge in [-0.15, -0.1) is 17.9 Å². The van der Waals surface area contributed by atoms with E-state index >= 15 is 0 Å². The van der Waals surface area contributed by atoms with Crippen LogP contribution in [0.1, 0.15) is 49.1 Å². The quantitative estimate of drug-likeness (QED) is 0.179. The van der Waals surface area contributed by atoms with Crippen molar-refractivity contribution in [3.8, 4) is 22.8 Å². The van der Waals surface area contributed by atoms with Gasteiger partial charge in [0.15, 0.2) is 11.5 Å². The number of ether oxygens (including phenoxy) is 2. The molecular weight excluding hydrogens is 464 g/mol. The third-order valence-electron chi connectivity index (χ3n) is 6.35. The van der Waals surface area contributed by atoms with Crippen molar-refractivity contribution in [2.45, 2.75) is 38.0 Å². The molecule has 0 radical (unpaired) electrons. The predicted molar refractivity (Wildman–Crippen MR) is 136 cm³/mol. The first-order chi connectivity index (χ1) is 17.1. The maximum absolute atomic E-state index is 11.7. The number of rotatable bonds is 7. The lowest BCUT2D eigenvalue weighted by molar-refractivity contribution is -0.385. The van der Waals surface area contributed by atoms with E-state index in [1.54, 1.807) is 16.8 Å². The predicted octanol–water partition coefficient (Wildman–Crippen LogP) is 5.87. The average molecular weight is 491 g/mol. The van der Waals surface area contributed by atoms with Gasteiger partial charge in [-0.25, -0.2) is 4.68 Å². The van der Waals surface area contributed by atoms with Crippen molar-refractivity contribution in [2.75, 3.05) is 13.3 Å². The highest BCUT2D eigenvalue weighted by Gasteiger charge is 2.23. The summed E-state index contributed by atoms with van der Waals surface area (Å²) in [6, 6.07) is 11.6. The van der Waals surface area contributed by atoms with Crippen molar-refractivity contribution in [1.29, 1.82) is 0 Å². The van der Waals surface area contributed by atoms with E-state index in [1.165, 1.54) is 61.3 Å². The number of aromatic nitrogens is 1. The minimum Gasteiger partial charge on any atom is -0.454 e. The highest BCUT2D eigenvalue weighted by Crippen LogP contribution is 2.37. The fourth-order valence-electron chi connectivity index (χ4n) is 4.55. The first kappa shape index (κ1) is 23.0. The number of nitro benzene ring substituents is 1. The summed E-state index contributed by atoms with van der Waals surface area (Å²) >= 11 is 1.47. The summed E-state index contributed by atoms with van der Waals surface area (Å²) in [4.78, 5) is 16.4. The second kappa shape index (κ2) is 10.3. The number of fused-ring (bicyclic) bond motifs is 1. The lowest BCUT2D eigenvalue weighted by Gasteiger charge is -2.22. The fraction of sp³-hybridized carbons (Fsp3) is 0.308. The van der Waals surface area contributed by atoms with Crippen molar-refractivity contribution in [1.82, 2.24) is 4.68 Å². The summed E-state index contributed by atoms with van der Waals surface area (Å²) in [6.45, 7) is 4.23. The summed E-state index contributed by atoms with van der Waals surface area (Å²) < 4.78 is 12.4. The van der Waals surface area contributed by atoms with E-state index in [9.17, 15) is 10.1 Å². The SMILES string of the molecule is C=CCN=c1scc(-c2ccc(C3CCCCC3)cc2)n1N=Cc1cc2c(cc1[N+](=O)[O-])OCO2. The van der Waals surface area contributed by atoms with Gasteiger partial charge in [0.1, 0.15) is 0 Å². The van der Waals surface area contributed by atoms with Crippen molar-refractivity contribution in [3.63, 3.8) is 0 Å². The molecule has 9 heteroatoms. The molecule has 0 unspecified atom stereocenters. The molecule has 1 saturated carbocycles. The van der Waals surface area contributed by atoms with Gasteiger partial charge in [0.2, 0.25) is 11.6 Å². The third kappa shape index (κ3) is 4.90. The standard InChI is InChI=1S/C26H26N4O4S/c1-2-12-27-26-29(28-15-21-13-24-25(34-17-33-24)14-22(21)30(31)32)23(16-35-26)20-10-8-19(9-11-20)18-6-4-3-5-7-18/h2,8-11,13-16,18H,1,3-7,12,17H2. The normalized spacial score (nSPS) is 16.2. The highest BCUT2D eigenvalue weighted by molar-refractivity contribution is 7.07. The number of thiazole rings is 1. The van der Waals surface area contributed by atoms with Crippen LogP contribution in [0.4, 0.5) is 5.69 Å². The summed E-state index contributed by atoms with van der Waals surface area (Å²) in [6.07, 6.45) is 9.62. The summed E-state index contributed by atoms with van der Waals surface area (Å²) in [5, 5.41) is 18.3. The van der Waals surface area contributed by atoms with Gasteiger partial charge >= 0.3 is 0 Å². The van der Waals surface area contributed by atoms with Crippen LogP contribution in [0.2, 0.25) is 0 Å². The monoisotopic (exact) mass is 490 g/mol. The van der Waals surface area contributed by atoms with E-state index in [4.69, 9.17) is 9.47 Å². The van der Waals surface area contributed by atoms with E-state index in [2.05, 4.69) is 40.9 Å². The Morgan fingerprint density at radius 2 is 1.89 bits per heavy atom. The zero-order valence-corrected chi connectivity index (χ0v) is 20.1. The molecular formula is C26H26N4O4S.